The summed E-state index contributed by atoms with van der Waals surface area (Å²) < 4.78 is 11.4. The Labute approximate surface area is 130 Å². The average molecular weight is 299 g/mol. The first-order chi connectivity index (χ1) is 10.6. The van der Waals surface area contributed by atoms with Crippen LogP contribution >= 0.6 is 0 Å². The number of morpholine rings is 1. The maximum absolute atomic E-state index is 9.37. The molecule has 0 spiro atoms. The van der Waals surface area contributed by atoms with E-state index in [2.05, 4.69) is 18.4 Å². The van der Waals surface area contributed by atoms with Crippen molar-refractivity contribution in [2.75, 3.05) is 26.3 Å². The van der Waals surface area contributed by atoms with Crippen LogP contribution in [-0.2, 0) is 4.74 Å². The molecular formula is C18H21NO3. The van der Waals surface area contributed by atoms with Crippen LogP contribution in [0.25, 0.3) is 17.1 Å². The zero-order chi connectivity index (χ0) is 15.5. The molecule has 2 aromatic rings. The fourth-order valence-corrected chi connectivity index (χ4v) is 2.70. The highest BCUT2D eigenvalue weighted by Gasteiger charge is 2.21. The Morgan fingerprint density at radius 3 is 2.45 bits per heavy atom. The number of aliphatic hydroxyl groups excluding tert-OH is 1. The SMILES string of the molecule is C=C(O)c1ccc(-c2ccc(C(C)N3CCOCC3)o2)cc1. The molecule has 1 aliphatic heterocycles. The number of ether oxygens (including phenoxy) is 1. The fourth-order valence-electron chi connectivity index (χ4n) is 2.70. The Morgan fingerprint density at radius 1 is 1.14 bits per heavy atom. The van der Waals surface area contributed by atoms with Crippen LogP contribution in [0.5, 0.6) is 0 Å². The summed E-state index contributed by atoms with van der Waals surface area (Å²) in [4.78, 5) is 2.37. The minimum absolute atomic E-state index is 0.0765. The third-order valence-electron chi connectivity index (χ3n) is 4.13. The van der Waals surface area contributed by atoms with Gasteiger partial charge in [-0.2, -0.15) is 0 Å². The van der Waals surface area contributed by atoms with Crippen molar-refractivity contribution >= 4 is 5.76 Å². The van der Waals surface area contributed by atoms with Gasteiger partial charge in [0.25, 0.3) is 0 Å². The molecule has 1 aliphatic rings. The minimum atomic E-state index is 0.0765. The molecule has 0 amide bonds. The summed E-state index contributed by atoms with van der Waals surface area (Å²) in [5.41, 5.74) is 1.71. The number of nitrogens with zero attached hydrogens (tertiary/aromatic N) is 1. The molecule has 0 radical (unpaired) electrons. The topological polar surface area (TPSA) is 45.8 Å². The summed E-state index contributed by atoms with van der Waals surface area (Å²) in [6.45, 7) is 9.12. The number of benzene rings is 1. The van der Waals surface area contributed by atoms with E-state index in [4.69, 9.17) is 9.15 Å². The van der Waals surface area contributed by atoms with Crippen LogP contribution in [0.2, 0.25) is 0 Å². The maximum Gasteiger partial charge on any atom is 0.134 e. The smallest absolute Gasteiger partial charge is 0.134 e. The molecule has 2 heterocycles. The van der Waals surface area contributed by atoms with E-state index in [1.54, 1.807) is 0 Å². The summed E-state index contributed by atoms with van der Waals surface area (Å²) in [7, 11) is 0. The Hall–Kier alpha value is -2.04. The number of furan rings is 1. The van der Waals surface area contributed by atoms with Crippen LogP contribution in [0.3, 0.4) is 0 Å². The Morgan fingerprint density at radius 2 is 1.82 bits per heavy atom. The molecule has 0 saturated carbocycles. The molecule has 116 valence electrons. The zero-order valence-electron chi connectivity index (χ0n) is 12.8. The van der Waals surface area contributed by atoms with Gasteiger partial charge in [-0.15, -0.1) is 0 Å². The van der Waals surface area contributed by atoms with Gasteiger partial charge in [0.2, 0.25) is 0 Å². The molecule has 22 heavy (non-hydrogen) atoms. The first-order valence-electron chi connectivity index (χ1n) is 7.55. The van der Waals surface area contributed by atoms with Crippen LogP contribution < -0.4 is 0 Å². The van der Waals surface area contributed by atoms with Crippen molar-refractivity contribution in [2.24, 2.45) is 0 Å². The third-order valence-corrected chi connectivity index (χ3v) is 4.13. The minimum Gasteiger partial charge on any atom is -0.508 e. The number of hydrogen-bond donors (Lipinski definition) is 1. The molecule has 1 atom stereocenters. The molecule has 1 aromatic carbocycles. The largest absolute Gasteiger partial charge is 0.508 e. The van der Waals surface area contributed by atoms with Crippen LogP contribution in [0.1, 0.15) is 24.3 Å². The van der Waals surface area contributed by atoms with E-state index in [1.165, 1.54) is 0 Å². The van der Waals surface area contributed by atoms with E-state index >= 15 is 0 Å². The lowest BCUT2D eigenvalue weighted by Gasteiger charge is -2.31. The molecule has 3 rings (SSSR count). The van der Waals surface area contributed by atoms with Crippen molar-refractivity contribution in [3.05, 3.63) is 54.3 Å². The van der Waals surface area contributed by atoms with Crippen molar-refractivity contribution in [3.63, 3.8) is 0 Å². The average Bonchev–Trinajstić information content (AvgIpc) is 3.05. The fraction of sp³-hybridized carbons (Fsp3) is 0.333. The lowest BCUT2D eigenvalue weighted by Crippen LogP contribution is -2.37. The molecule has 1 unspecified atom stereocenters. The monoisotopic (exact) mass is 299 g/mol. The molecule has 1 saturated heterocycles. The van der Waals surface area contributed by atoms with Crippen molar-refractivity contribution in [3.8, 4) is 11.3 Å². The van der Waals surface area contributed by atoms with Crippen molar-refractivity contribution in [1.82, 2.24) is 4.90 Å². The van der Waals surface area contributed by atoms with Gasteiger partial charge in [0.1, 0.15) is 17.3 Å². The number of hydrogen-bond acceptors (Lipinski definition) is 4. The lowest BCUT2D eigenvalue weighted by atomic mass is 10.1. The van der Waals surface area contributed by atoms with Gasteiger partial charge in [-0.1, -0.05) is 30.8 Å². The Bertz CT molecular complexity index is 639. The van der Waals surface area contributed by atoms with Crippen LogP contribution in [0.15, 0.2) is 47.4 Å². The van der Waals surface area contributed by atoms with Crippen LogP contribution in [-0.4, -0.2) is 36.3 Å². The van der Waals surface area contributed by atoms with Gasteiger partial charge in [-0.25, -0.2) is 0 Å². The first kappa shape index (κ1) is 14.9. The molecule has 1 N–H and O–H groups in total. The van der Waals surface area contributed by atoms with E-state index < -0.39 is 0 Å². The molecule has 1 aromatic heterocycles. The zero-order valence-corrected chi connectivity index (χ0v) is 12.8. The Kier molecular flexibility index (Phi) is 4.32. The van der Waals surface area contributed by atoms with Gasteiger partial charge < -0.3 is 14.3 Å². The van der Waals surface area contributed by atoms with Gasteiger partial charge in [0, 0.05) is 24.2 Å². The lowest BCUT2D eigenvalue weighted by molar-refractivity contribution is 0.0158. The van der Waals surface area contributed by atoms with Crippen molar-refractivity contribution < 1.29 is 14.3 Å². The third kappa shape index (κ3) is 3.08. The van der Waals surface area contributed by atoms with Crippen molar-refractivity contribution in [1.29, 1.82) is 0 Å². The molecule has 4 nitrogen and oxygen atoms in total. The summed E-state index contributed by atoms with van der Waals surface area (Å²) >= 11 is 0. The van der Waals surface area contributed by atoms with Gasteiger partial charge in [0.05, 0.1) is 19.3 Å². The van der Waals surface area contributed by atoms with E-state index in [9.17, 15) is 5.11 Å². The highest BCUT2D eigenvalue weighted by Crippen LogP contribution is 2.29. The quantitative estimate of drug-likeness (QED) is 0.871. The summed E-state index contributed by atoms with van der Waals surface area (Å²) in [6, 6.07) is 11.8. The van der Waals surface area contributed by atoms with E-state index in [0.717, 1.165) is 49.0 Å². The van der Waals surface area contributed by atoms with Gasteiger partial charge in [-0.3, -0.25) is 4.90 Å². The number of rotatable bonds is 4. The van der Waals surface area contributed by atoms with Crippen LogP contribution in [0, 0.1) is 0 Å². The highest BCUT2D eigenvalue weighted by molar-refractivity contribution is 5.63. The van der Waals surface area contributed by atoms with Gasteiger partial charge in [-0.05, 0) is 19.1 Å². The van der Waals surface area contributed by atoms with E-state index in [-0.39, 0.29) is 11.8 Å². The second-order valence-corrected chi connectivity index (χ2v) is 5.55. The second-order valence-electron chi connectivity index (χ2n) is 5.55. The van der Waals surface area contributed by atoms with Gasteiger partial charge in [0.15, 0.2) is 0 Å². The maximum atomic E-state index is 9.37. The molecule has 0 aliphatic carbocycles. The van der Waals surface area contributed by atoms with Gasteiger partial charge >= 0.3 is 0 Å². The molecular weight excluding hydrogens is 278 g/mol. The van der Waals surface area contributed by atoms with Crippen molar-refractivity contribution in [2.45, 2.75) is 13.0 Å². The standard InChI is InChI=1S/C18H21NO3/c1-13(19-9-11-21-12-10-19)17-7-8-18(22-17)16-5-3-15(4-6-16)14(2)20/h3-8,13,20H,2,9-12H2,1H3. The first-order valence-corrected chi connectivity index (χ1v) is 7.55. The highest BCUT2D eigenvalue weighted by atomic mass is 16.5. The van der Waals surface area contributed by atoms with E-state index in [0.29, 0.717) is 0 Å². The molecule has 0 bridgehead atoms. The summed E-state index contributed by atoms with van der Waals surface area (Å²) in [6.07, 6.45) is 0. The van der Waals surface area contributed by atoms with Crippen LogP contribution in [0.4, 0.5) is 0 Å². The molecule has 1 fully saturated rings. The molecule has 4 heteroatoms. The normalized spacial score (nSPS) is 17.3. The number of aliphatic hydroxyl groups is 1. The second kappa shape index (κ2) is 6.38. The summed E-state index contributed by atoms with van der Waals surface area (Å²) in [5.74, 6) is 1.88. The Balaban J connectivity index is 1.76. The predicted octanol–water partition coefficient (Wildman–Crippen LogP) is 3.87. The summed E-state index contributed by atoms with van der Waals surface area (Å²) in [5, 5.41) is 9.37. The van der Waals surface area contributed by atoms with E-state index in [1.807, 2.05) is 36.4 Å². The predicted molar refractivity (Wildman–Crippen MR) is 86.6 cm³/mol.